The lowest BCUT2D eigenvalue weighted by atomic mass is 10.0. The zero-order valence-electron chi connectivity index (χ0n) is 9.13. The van der Waals surface area contributed by atoms with E-state index in [-0.39, 0.29) is 5.69 Å². The summed E-state index contributed by atoms with van der Waals surface area (Å²) >= 11 is 0. The summed E-state index contributed by atoms with van der Waals surface area (Å²) in [6, 6.07) is 1.74. The van der Waals surface area contributed by atoms with Gasteiger partial charge in [-0.15, -0.1) is 0 Å². The van der Waals surface area contributed by atoms with Crippen LogP contribution >= 0.6 is 0 Å². The molecule has 0 bridgehead atoms. The molecule has 0 saturated carbocycles. The molecule has 1 amide bonds. The molecule has 1 fully saturated rings. The van der Waals surface area contributed by atoms with Gasteiger partial charge in [0.1, 0.15) is 12.0 Å². The van der Waals surface area contributed by atoms with Crippen molar-refractivity contribution in [2.24, 2.45) is 5.92 Å². The average molecular weight is 233 g/mol. The van der Waals surface area contributed by atoms with E-state index in [4.69, 9.17) is 5.26 Å². The minimum atomic E-state index is -1.31. The Morgan fingerprint density at radius 1 is 1.47 bits per heavy atom. The van der Waals surface area contributed by atoms with Gasteiger partial charge in [0, 0.05) is 13.1 Å². The number of aromatic nitrogens is 1. The molecule has 0 spiro atoms. The van der Waals surface area contributed by atoms with Gasteiger partial charge in [0.05, 0.1) is 6.07 Å². The van der Waals surface area contributed by atoms with Crippen LogP contribution < -0.4 is 0 Å². The average Bonchev–Trinajstić information content (AvgIpc) is 3.03. The Morgan fingerprint density at radius 3 is 2.71 bits per heavy atom. The summed E-state index contributed by atoms with van der Waals surface area (Å²) in [7, 11) is 0. The quantitative estimate of drug-likeness (QED) is 0.564. The number of amides is 1. The van der Waals surface area contributed by atoms with E-state index in [1.165, 1.54) is 0 Å². The number of oxazole rings is 1. The van der Waals surface area contributed by atoms with E-state index in [2.05, 4.69) is 9.40 Å². The summed E-state index contributed by atoms with van der Waals surface area (Å²) in [5.41, 5.74) is 0.0177. The van der Waals surface area contributed by atoms with Gasteiger partial charge >= 0.3 is 0 Å². The van der Waals surface area contributed by atoms with Gasteiger partial charge < -0.3 is 9.32 Å². The van der Waals surface area contributed by atoms with Crippen LogP contribution in [0.4, 0.5) is 0 Å². The first-order chi connectivity index (χ1) is 8.24. The van der Waals surface area contributed by atoms with Crippen LogP contribution in [0.15, 0.2) is 17.1 Å². The van der Waals surface area contributed by atoms with Crippen LogP contribution in [0, 0.1) is 17.2 Å². The second-order valence-corrected chi connectivity index (χ2v) is 3.83. The second-order valence-electron chi connectivity index (χ2n) is 3.83. The van der Waals surface area contributed by atoms with Crippen molar-refractivity contribution in [2.75, 3.05) is 13.1 Å². The Bertz CT molecular complexity index is 455. The van der Waals surface area contributed by atoms with E-state index in [9.17, 15) is 9.59 Å². The molecule has 1 atom stereocenters. The van der Waals surface area contributed by atoms with Crippen molar-refractivity contribution in [1.82, 2.24) is 9.88 Å². The van der Waals surface area contributed by atoms with Crippen molar-refractivity contribution in [2.45, 2.75) is 12.8 Å². The Hall–Kier alpha value is -2.16. The molecular formula is C11H11N3O3. The van der Waals surface area contributed by atoms with E-state index in [0.29, 0.717) is 13.1 Å². The van der Waals surface area contributed by atoms with Gasteiger partial charge in [-0.2, -0.15) is 5.26 Å². The monoisotopic (exact) mass is 233 g/mol. The van der Waals surface area contributed by atoms with Gasteiger partial charge in [-0.05, 0) is 12.8 Å². The van der Waals surface area contributed by atoms with Gasteiger partial charge in [0.25, 0.3) is 0 Å². The molecule has 0 radical (unpaired) electrons. The number of carbonyl (C=O) groups excluding carboxylic acids is 2. The SMILES string of the molecule is N#CC(C(=O)c1cocn1)C(=O)N1CCCC1. The van der Waals surface area contributed by atoms with Gasteiger partial charge in [-0.3, -0.25) is 9.59 Å². The van der Waals surface area contributed by atoms with Gasteiger partial charge in [0.15, 0.2) is 12.3 Å². The maximum Gasteiger partial charge on any atom is 0.248 e. The summed E-state index contributed by atoms with van der Waals surface area (Å²) in [5.74, 6) is -2.34. The first kappa shape index (κ1) is 11.3. The van der Waals surface area contributed by atoms with Crippen molar-refractivity contribution in [3.8, 4) is 6.07 Å². The normalized spacial score (nSPS) is 16.5. The Morgan fingerprint density at radius 2 is 2.18 bits per heavy atom. The van der Waals surface area contributed by atoms with E-state index in [0.717, 1.165) is 25.5 Å². The van der Waals surface area contributed by atoms with Crippen LogP contribution in [0.5, 0.6) is 0 Å². The minimum Gasteiger partial charge on any atom is -0.451 e. The third-order valence-electron chi connectivity index (χ3n) is 2.74. The summed E-state index contributed by atoms with van der Waals surface area (Å²) in [5, 5.41) is 8.95. The molecule has 1 aliphatic rings. The number of hydrogen-bond donors (Lipinski definition) is 0. The maximum atomic E-state index is 11.9. The molecule has 0 aliphatic carbocycles. The largest absolute Gasteiger partial charge is 0.451 e. The first-order valence-electron chi connectivity index (χ1n) is 5.35. The number of carbonyl (C=O) groups is 2. The lowest BCUT2D eigenvalue weighted by Crippen LogP contribution is -2.37. The highest BCUT2D eigenvalue weighted by Crippen LogP contribution is 2.15. The van der Waals surface area contributed by atoms with E-state index < -0.39 is 17.6 Å². The predicted molar refractivity (Wildman–Crippen MR) is 55.8 cm³/mol. The lowest BCUT2D eigenvalue weighted by Gasteiger charge is -2.17. The molecule has 17 heavy (non-hydrogen) atoms. The van der Waals surface area contributed by atoms with Crippen molar-refractivity contribution < 1.29 is 14.0 Å². The molecule has 6 nitrogen and oxygen atoms in total. The molecule has 1 aliphatic heterocycles. The fraction of sp³-hybridized carbons (Fsp3) is 0.455. The van der Waals surface area contributed by atoms with Crippen molar-refractivity contribution in [3.05, 3.63) is 18.4 Å². The van der Waals surface area contributed by atoms with Crippen LogP contribution in [0.25, 0.3) is 0 Å². The molecule has 1 aromatic heterocycles. The minimum absolute atomic E-state index is 0.0177. The first-order valence-corrected chi connectivity index (χ1v) is 5.35. The molecule has 1 aromatic rings. The Labute approximate surface area is 97.8 Å². The summed E-state index contributed by atoms with van der Waals surface area (Å²) in [6.07, 6.45) is 4.08. The van der Waals surface area contributed by atoms with Crippen LogP contribution in [0.1, 0.15) is 23.3 Å². The van der Waals surface area contributed by atoms with E-state index >= 15 is 0 Å². The highest BCUT2D eigenvalue weighted by molar-refractivity contribution is 6.11. The third kappa shape index (κ3) is 2.18. The number of hydrogen-bond acceptors (Lipinski definition) is 5. The number of ketones is 1. The molecule has 0 N–H and O–H groups in total. The molecule has 0 aromatic carbocycles. The topological polar surface area (TPSA) is 87.2 Å². The van der Waals surface area contributed by atoms with Crippen LogP contribution in [-0.4, -0.2) is 34.7 Å². The fourth-order valence-electron chi connectivity index (χ4n) is 1.83. The molecule has 88 valence electrons. The van der Waals surface area contributed by atoms with Crippen molar-refractivity contribution >= 4 is 11.7 Å². The van der Waals surface area contributed by atoms with Crippen molar-refractivity contribution in [3.63, 3.8) is 0 Å². The zero-order valence-corrected chi connectivity index (χ0v) is 9.13. The summed E-state index contributed by atoms with van der Waals surface area (Å²) in [4.78, 5) is 29.0. The molecule has 6 heteroatoms. The van der Waals surface area contributed by atoms with Gasteiger partial charge in [0.2, 0.25) is 11.7 Å². The number of nitrogens with zero attached hydrogens (tertiary/aromatic N) is 3. The van der Waals surface area contributed by atoms with Gasteiger partial charge in [-0.25, -0.2) is 4.98 Å². The summed E-state index contributed by atoms with van der Waals surface area (Å²) < 4.78 is 4.67. The lowest BCUT2D eigenvalue weighted by molar-refractivity contribution is -0.131. The number of likely N-dealkylation sites (tertiary alicyclic amines) is 1. The van der Waals surface area contributed by atoms with E-state index in [1.807, 2.05) is 0 Å². The predicted octanol–water partition coefficient (Wildman–Crippen LogP) is 0.619. The van der Waals surface area contributed by atoms with Gasteiger partial charge in [-0.1, -0.05) is 0 Å². The Kier molecular flexibility index (Phi) is 3.19. The Balaban J connectivity index is 2.14. The molecule has 2 heterocycles. The number of Topliss-reactive ketones (excluding diaryl/α,β-unsaturated/α-hetero) is 1. The van der Waals surface area contributed by atoms with E-state index in [1.54, 1.807) is 11.0 Å². The molecule has 2 rings (SSSR count). The second kappa shape index (κ2) is 4.78. The van der Waals surface area contributed by atoms with Crippen LogP contribution in [-0.2, 0) is 4.79 Å². The number of nitriles is 1. The smallest absolute Gasteiger partial charge is 0.248 e. The van der Waals surface area contributed by atoms with Crippen LogP contribution in [0.2, 0.25) is 0 Å². The standard InChI is InChI=1S/C11H11N3O3/c12-5-8(10(15)9-6-17-7-13-9)11(16)14-3-1-2-4-14/h6-8H,1-4H2. The fourth-order valence-corrected chi connectivity index (χ4v) is 1.83. The zero-order chi connectivity index (χ0) is 12.3. The highest BCUT2D eigenvalue weighted by Gasteiger charge is 2.33. The molecule has 1 saturated heterocycles. The maximum absolute atomic E-state index is 11.9. The number of rotatable bonds is 3. The molecule has 1 unspecified atom stereocenters. The highest BCUT2D eigenvalue weighted by atomic mass is 16.3. The van der Waals surface area contributed by atoms with Crippen LogP contribution in [0.3, 0.4) is 0 Å². The molecular weight excluding hydrogens is 222 g/mol. The third-order valence-corrected chi connectivity index (χ3v) is 2.74. The summed E-state index contributed by atoms with van der Waals surface area (Å²) in [6.45, 7) is 1.23. The van der Waals surface area contributed by atoms with Crippen molar-refractivity contribution in [1.29, 1.82) is 5.26 Å².